The first-order chi connectivity index (χ1) is 14.4. The Morgan fingerprint density at radius 2 is 1.93 bits per heavy atom. The fraction of sp³-hybridized carbons (Fsp3) is 0.150. The van der Waals surface area contributed by atoms with Crippen LogP contribution in [0.1, 0.15) is 21.8 Å². The van der Waals surface area contributed by atoms with E-state index in [1.165, 1.54) is 36.0 Å². The molecule has 0 saturated carbocycles. The number of nitro benzene ring substituents is 1. The molecular weight excluding hydrogens is 410 g/mol. The number of nitrogens with one attached hydrogen (secondary N) is 1. The van der Waals surface area contributed by atoms with Crippen molar-refractivity contribution in [3.8, 4) is 0 Å². The molecule has 10 heteroatoms. The third-order valence-electron chi connectivity index (χ3n) is 3.85. The van der Waals surface area contributed by atoms with Crippen LogP contribution in [0.4, 0.5) is 11.4 Å². The molecule has 154 valence electrons. The number of rotatable bonds is 8. The maximum Gasteiger partial charge on any atom is 0.339 e. The van der Waals surface area contributed by atoms with Gasteiger partial charge in [0.25, 0.3) is 11.6 Å². The quantitative estimate of drug-likeness (QED) is 0.248. The van der Waals surface area contributed by atoms with Gasteiger partial charge in [0.2, 0.25) is 0 Å². The van der Waals surface area contributed by atoms with E-state index in [0.29, 0.717) is 27.7 Å². The molecule has 0 saturated heterocycles. The lowest BCUT2D eigenvalue weighted by Crippen LogP contribution is -2.21. The second-order valence-corrected chi connectivity index (χ2v) is 7.16. The maximum atomic E-state index is 12.4. The molecule has 1 heterocycles. The van der Waals surface area contributed by atoms with Crippen LogP contribution in [0.2, 0.25) is 0 Å². The van der Waals surface area contributed by atoms with Crippen LogP contribution in [0.15, 0.2) is 64.0 Å². The smallest absolute Gasteiger partial charge is 0.339 e. The van der Waals surface area contributed by atoms with Gasteiger partial charge in [-0.25, -0.2) is 4.79 Å². The lowest BCUT2D eigenvalue weighted by Gasteiger charge is -2.09. The Labute approximate surface area is 175 Å². The van der Waals surface area contributed by atoms with Crippen LogP contribution in [0, 0.1) is 17.0 Å². The highest BCUT2D eigenvalue weighted by atomic mass is 32.2. The van der Waals surface area contributed by atoms with Crippen molar-refractivity contribution in [3.05, 3.63) is 81.7 Å². The first kappa shape index (κ1) is 21.1. The van der Waals surface area contributed by atoms with Gasteiger partial charge in [-0.05, 0) is 31.2 Å². The van der Waals surface area contributed by atoms with Crippen LogP contribution >= 0.6 is 11.8 Å². The molecule has 30 heavy (non-hydrogen) atoms. The van der Waals surface area contributed by atoms with Gasteiger partial charge in [0.1, 0.15) is 5.76 Å². The maximum absolute atomic E-state index is 12.4. The van der Waals surface area contributed by atoms with E-state index >= 15 is 0 Å². The van der Waals surface area contributed by atoms with E-state index in [-0.39, 0.29) is 5.69 Å². The Morgan fingerprint density at radius 1 is 1.20 bits per heavy atom. The lowest BCUT2D eigenvalue weighted by molar-refractivity contribution is -0.384. The number of amides is 1. The van der Waals surface area contributed by atoms with Gasteiger partial charge in [-0.2, -0.15) is 0 Å². The zero-order valence-corrected chi connectivity index (χ0v) is 16.7. The highest BCUT2D eigenvalue weighted by Gasteiger charge is 2.16. The number of nitrogens with zero attached hydrogens (tertiary/aromatic N) is 2. The molecular formula is C20H17N3O6S. The Morgan fingerprint density at radius 3 is 2.60 bits per heavy atom. The van der Waals surface area contributed by atoms with E-state index < -0.39 is 23.4 Å². The van der Waals surface area contributed by atoms with Crippen LogP contribution in [0.25, 0.3) is 0 Å². The SMILES string of the molecule is Cc1cc(CSc2ccccc2C(=O)OCC(=O)Nc2ccc([N+](=O)[O-])cc2)on1. The van der Waals surface area contributed by atoms with Gasteiger partial charge < -0.3 is 14.6 Å². The van der Waals surface area contributed by atoms with Crippen molar-refractivity contribution >= 4 is 35.0 Å². The third kappa shape index (κ3) is 5.67. The molecule has 0 aliphatic rings. The van der Waals surface area contributed by atoms with Crippen molar-refractivity contribution in [2.75, 3.05) is 11.9 Å². The van der Waals surface area contributed by atoms with Gasteiger partial charge >= 0.3 is 5.97 Å². The number of hydrogen-bond donors (Lipinski definition) is 1. The Balaban J connectivity index is 1.55. The molecule has 0 atom stereocenters. The number of anilines is 1. The summed E-state index contributed by atoms with van der Waals surface area (Å²) in [5.74, 6) is -0.0144. The molecule has 0 fully saturated rings. The molecule has 2 aromatic carbocycles. The molecule has 3 rings (SSSR count). The molecule has 1 amide bonds. The fourth-order valence-corrected chi connectivity index (χ4v) is 3.38. The summed E-state index contributed by atoms with van der Waals surface area (Å²) in [4.78, 5) is 35.3. The van der Waals surface area contributed by atoms with Crippen molar-refractivity contribution in [2.45, 2.75) is 17.6 Å². The number of aryl methyl sites for hydroxylation is 1. The first-order valence-corrected chi connectivity index (χ1v) is 9.76. The summed E-state index contributed by atoms with van der Waals surface area (Å²) in [5, 5.41) is 17.0. The van der Waals surface area contributed by atoms with Gasteiger partial charge in [-0.1, -0.05) is 17.3 Å². The van der Waals surface area contributed by atoms with Gasteiger partial charge in [0, 0.05) is 28.8 Å². The highest BCUT2D eigenvalue weighted by Crippen LogP contribution is 2.27. The predicted molar refractivity (Wildman–Crippen MR) is 109 cm³/mol. The number of benzene rings is 2. The number of hydrogen-bond acceptors (Lipinski definition) is 8. The third-order valence-corrected chi connectivity index (χ3v) is 4.95. The molecule has 1 aromatic heterocycles. The molecule has 0 bridgehead atoms. The normalized spacial score (nSPS) is 10.4. The largest absolute Gasteiger partial charge is 0.452 e. The Hall–Kier alpha value is -3.66. The molecule has 0 aliphatic carbocycles. The predicted octanol–water partition coefficient (Wildman–Crippen LogP) is 3.98. The molecule has 9 nitrogen and oxygen atoms in total. The van der Waals surface area contributed by atoms with E-state index in [2.05, 4.69) is 10.5 Å². The summed E-state index contributed by atoms with van der Waals surface area (Å²) in [7, 11) is 0. The van der Waals surface area contributed by atoms with Crippen molar-refractivity contribution < 1.29 is 23.8 Å². The average Bonchev–Trinajstić information content (AvgIpc) is 3.16. The molecule has 0 spiro atoms. The first-order valence-electron chi connectivity index (χ1n) is 8.78. The summed E-state index contributed by atoms with van der Waals surface area (Å²) < 4.78 is 10.3. The van der Waals surface area contributed by atoms with E-state index in [9.17, 15) is 19.7 Å². The van der Waals surface area contributed by atoms with Crippen molar-refractivity contribution in [1.82, 2.24) is 5.16 Å². The zero-order chi connectivity index (χ0) is 21.5. The van der Waals surface area contributed by atoms with Gasteiger partial charge in [-0.3, -0.25) is 14.9 Å². The van der Waals surface area contributed by atoms with Crippen LogP contribution in [0.3, 0.4) is 0 Å². The number of esters is 1. The fourth-order valence-electron chi connectivity index (χ4n) is 2.47. The number of aromatic nitrogens is 1. The van der Waals surface area contributed by atoms with E-state index in [1.807, 2.05) is 13.0 Å². The number of non-ortho nitro benzene ring substituents is 1. The second kappa shape index (κ2) is 9.70. The van der Waals surface area contributed by atoms with Gasteiger partial charge in [-0.15, -0.1) is 11.8 Å². The summed E-state index contributed by atoms with van der Waals surface area (Å²) in [5.41, 5.74) is 1.38. The summed E-state index contributed by atoms with van der Waals surface area (Å²) in [6.07, 6.45) is 0. The van der Waals surface area contributed by atoms with Crippen LogP contribution < -0.4 is 5.32 Å². The standard InChI is InChI=1S/C20H17N3O6S/c1-13-10-16(29-22-13)12-30-18-5-3-2-4-17(18)20(25)28-11-19(24)21-14-6-8-15(9-7-14)23(26)27/h2-10H,11-12H2,1H3,(H,21,24). The molecule has 0 aliphatic heterocycles. The summed E-state index contributed by atoms with van der Waals surface area (Å²) in [6.45, 7) is 1.33. The summed E-state index contributed by atoms with van der Waals surface area (Å²) in [6, 6.07) is 14.0. The van der Waals surface area contributed by atoms with Gasteiger partial charge in [0.05, 0.1) is 21.9 Å². The average molecular weight is 427 g/mol. The Bertz CT molecular complexity index is 1060. The van der Waals surface area contributed by atoms with Crippen molar-refractivity contribution in [3.63, 3.8) is 0 Å². The minimum atomic E-state index is -0.634. The number of thioether (sulfide) groups is 1. The highest BCUT2D eigenvalue weighted by molar-refractivity contribution is 7.98. The minimum Gasteiger partial charge on any atom is -0.452 e. The summed E-state index contributed by atoms with van der Waals surface area (Å²) >= 11 is 1.39. The van der Waals surface area contributed by atoms with E-state index in [0.717, 1.165) is 5.69 Å². The van der Waals surface area contributed by atoms with Crippen LogP contribution in [-0.4, -0.2) is 28.6 Å². The van der Waals surface area contributed by atoms with E-state index in [4.69, 9.17) is 9.26 Å². The van der Waals surface area contributed by atoms with Crippen molar-refractivity contribution in [2.24, 2.45) is 0 Å². The number of ether oxygens (including phenoxy) is 1. The van der Waals surface area contributed by atoms with Crippen LogP contribution in [0.5, 0.6) is 0 Å². The zero-order valence-electron chi connectivity index (χ0n) is 15.9. The minimum absolute atomic E-state index is 0.0889. The molecule has 1 N–H and O–H groups in total. The molecule has 3 aromatic rings. The topological polar surface area (TPSA) is 125 Å². The number of nitro groups is 1. The molecule has 0 unspecified atom stereocenters. The molecule has 0 radical (unpaired) electrons. The van der Waals surface area contributed by atoms with E-state index in [1.54, 1.807) is 24.3 Å². The second-order valence-electron chi connectivity index (χ2n) is 6.15. The van der Waals surface area contributed by atoms with Crippen LogP contribution in [-0.2, 0) is 15.3 Å². The monoisotopic (exact) mass is 427 g/mol. The lowest BCUT2D eigenvalue weighted by atomic mass is 10.2. The van der Waals surface area contributed by atoms with Gasteiger partial charge in [0.15, 0.2) is 6.61 Å². The number of carbonyl (C=O) groups is 2. The van der Waals surface area contributed by atoms with Crippen molar-refractivity contribution in [1.29, 1.82) is 0 Å². The Kier molecular flexibility index (Phi) is 6.81. The number of carbonyl (C=O) groups excluding carboxylic acids is 2.